The molecule has 2 aromatic carbocycles. The molecule has 2 aliphatic rings. The van der Waals surface area contributed by atoms with Crippen LogP contribution in [0.25, 0.3) is 5.57 Å². The number of alkyl halides is 1. The second-order valence-corrected chi connectivity index (χ2v) is 7.23. The number of halogens is 2. The van der Waals surface area contributed by atoms with Crippen molar-refractivity contribution in [1.29, 1.82) is 0 Å². The Morgan fingerprint density at radius 3 is 2.83 bits per heavy atom. The van der Waals surface area contributed by atoms with E-state index in [9.17, 15) is 13.6 Å². The summed E-state index contributed by atoms with van der Waals surface area (Å²) in [5.74, 6) is -0.0359. The minimum atomic E-state index is -0.689. The Balaban J connectivity index is 1.29. The molecule has 0 radical (unpaired) electrons. The fourth-order valence-electron chi connectivity index (χ4n) is 3.61. The van der Waals surface area contributed by atoms with E-state index in [4.69, 9.17) is 4.74 Å². The molecule has 2 aromatic rings. The second kappa shape index (κ2) is 8.61. The van der Waals surface area contributed by atoms with Crippen LogP contribution in [0, 0.1) is 5.82 Å². The van der Waals surface area contributed by atoms with Crippen molar-refractivity contribution in [3.05, 3.63) is 60.0 Å². The number of rotatable bonds is 7. The third-order valence-electron chi connectivity index (χ3n) is 5.12. The number of ether oxygens (including phenoxy) is 1. The van der Waals surface area contributed by atoms with E-state index in [1.165, 1.54) is 12.3 Å². The molecule has 2 heterocycles. The van der Waals surface area contributed by atoms with Crippen LogP contribution in [0.15, 0.2) is 48.7 Å². The fourth-order valence-corrected chi connectivity index (χ4v) is 3.61. The molecule has 0 bridgehead atoms. The van der Waals surface area contributed by atoms with Crippen LogP contribution >= 0.6 is 0 Å². The third-order valence-corrected chi connectivity index (χ3v) is 5.12. The lowest BCUT2D eigenvalue weighted by Crippen LogP contribution is -2.23. The molecule has 29 heavy (non-hydrogen) atoms. The van der Waals surface area contributed by atoms with Crippen molar-refractivity contribution in [2.24, 2.45) is 0 Å². The number of likely N-dealkylation sites (tertiary alicyclic amines) is 1. The lowest BCUT2D eigenvalue weighted by molar-refractivity contribution is -0.110. The Morgan fingerprint density at radius 1 is 1.24 bits per heavy atom. The van der Waals surface area contributed by atoms with E-state index >= 15 is 0 Å². The van der Waals surface area contributed by atoms with Gasteiger partial charge >= 0.3 is 0 Å². The van der Waals surface area contributed by atoms with Crippen LogP contribution < -0.4 is 15.4 Å². The maximum atomic E-state index is 14.1. The van der Waals surface area contributed by atoms with Gasteiger partial charge < -0.3 is 20.3 Å². The second-order valence-electron chi connectivity index (χ2n) is 7.23. The number of amides is 1. The van der Waals surface area contributed by atoms with Crippen LogP contribution in [0.3, 0.4) is 0 Å². The Morgan fingerprint density at radius 2 is 2.07 bits per heavy atom. The number of anilines is 2. The molecular weight excluding hydrogens is 376 g/mol. The lowest BCUT2D eigenvalue weighted by atomic mass is 10.1. The van der Waals surface area contributed by atoms with E-state index in [2.05, 4.69) is 15.5 Å². The maximum Gasteiger partial charge on any atom is 0.257 e. The highest BCUT2D eigenvalue weighted by molar-refractivity contribution is 6.31. The van der Waals surface area contributed by atoms with E-state index in [0.29, 0.717) is 25.3 Å². The van der Waals surface area contributed by atoms with E-state index in [1.807, 2.05) is 24.3 Å². The molecule has 4 rings (SSSR count). The van der Waals surface area contributed by atoms with Crippen LogP contribution in [0.5, 0.6) is 5.75 Å². The molecule has 5 nitrogen and oxygen atoms in total. The summed E-state index contributed by atoms with van der Waals surface area (Å²) in [7, 11) is 0. The predicted molar refractivity (Wildman–Crippen MR) is 109 cm³/mol. The number of carbonyl (C=O) groups excluding carboxylic acids is 1. The van der Waals surface area contributed by atoms with Gasteiger partial charge in [-0.25, -0.2) is 8.78 Å². The predicted octanol–water partition coefficient (Wildman–Crippen LogP) is 4.04. The highest BCUT2D eigenvalue weighted by atomic mass is 19.1. The van der Waals surface area contributed by atoms with Gasteiger partial charge in [0.05, 0.1) is 17.9 Å². The van der Waals surface area contributed by atoms with Crippen molar-refractivity contribution in [3.8, 4) is 5.75 Å². The summed E-state index contributed by atoms with van der Waals surface area (Å²) in [4.78, 5) is 14.2. The number of carbonyl (C=O) groups is 1. The summed E-state index contributed by atoms with van der Waals surface area (Å²) in [6.45, 7) is 2.76. The van der Waals surface area contributed by atoms with Gasteiger partial charge in [-0.15, -0.1) is 0 Å². The van der Waals surface area contributed by atoms with Crippen LogP contribution in [-0.2, 0) is 4.79 Å². The Bertz CT molecular complexity index is 915. The molecule has 1 amide bonds. The van der Waals surface area contributed by atoms with Crippen molar-refractivity contribution in [2.45, 2.75) is 19.0 Å². The van der Waals surface area contributed by atoms with Crippen molar-refractivity contribution >= 4 is 22.9 Å². The molecule has 0 aliphatic carbocycles. The molecule has 1 fully saturated rings. The van der Waals surface area contributed by atoms with E-state index in [-0.39, 0.29) is 17.0 Å². The van der Waals surface area contributed by atoms with E-state index in [1.54, 1.807) is 12.1 Å². The zero-order valence-electron chi connectivity index (χ0n) is 16.0. The SMILES string of the molecule is O=C1Nc2cccc(F)c2/C1=C\Nc1ccc(OCCCN2CCC(F)C2)cc1. The zero-order valence-corrected chi connectivity index (χ0v) is 16.0. The molecule has 1 unspecified atom stereocenters. The van der Waals surface area contributed by atoms with Crippen molar-refractivity contribution in [3.63, 3.8) is 0 Å². The van der Waals surface area contributed by atoms with Crippen LogP contribution in [0.4, 0.5) is 20.2 Å². The number of benzene rings is 2. The van der Waals surface area contributed by atoms with Gasteiger partial charge in [-0.3, -0.25) is 4.79 Å². The van der Waals surface area contributed by atoms with Gasteiger partial charge in [0.1, 0.15) is 17.7 Å². The third kappa shape index (κ3) is 4.56. The van der Waals surface area contributed by atoms with Gasteiger partial charge in [-0.2, -0.15) is 0 Å². The minimum Gasteiger partial charge on any atom is -0.494 e. The summed E-state index contributed by atoms with van der Waals surface area (Å²) in [6.07, 6.45) is 2.30. The number of hydrogen-bond acceptors (Lipinski definition) is 4. The van der Waals surface area contributed by atoms with Gasteiger partial charge in [0.2, 0.25) is 0 Å². The summed E-state index contributed by atoms with van der Waals surface area (Å²) in [5.41, 5.74) is 1.77. The Hall–Kier alpha value is -2.93. The first-order valence-corrected chi connectivity index (χ1v) is 9.76. The highest BCUT2D eigenvalue weighted by Gasteiger charge is 2.27. The molecule has 0 spiro atoms. The number of nitrogens with zero attached hydrogens (tertiary/aromatic N) is 1. The maximum absolute atomic E-state index is 14.1. The number of fused-ring (bicyclic) bond motifs is 1. The first-order chi connectivity index (χ1) is 14.1. The summed E-state index contributed by atoms with van der Waals surface area (Å²) >= 11 is 0. The average molecular weight is 399 g/mol. The molecule has 152 valence electrons. The van der Waals surface area contributed by atoms with Crippen LogP contribution in [0.2, 0.25) is 0 Å². The first-order valence-electron chi connectivity index (χ1n) is 9.76. The normalized spacial score (nSPS) is 20.0. The van der Waals surface area contributed by atoms with E-state index in [0.717, 1.165) is 30.9 Å². The van der Waals surface area contributed by atoms with Gasteiger partial charge in [0.15, 0.2) is 0 Å². The standard InChI is InChI=1S/C22H23F2N3O2/c23-15-9-11-27(14-15)10-2-12-29-17-7-5-16(6-8-17)25-13-18-21-19(24)3-1-4-20(21)26-22(18)28/h1,3-8,13,15,25H,2,9-12,14H2,(H,26,28)/b18-13+. The van der Waals surface area contributed by atoms with Gasteiger partial charge in [-0.1, -0.05) is 6.07 Å². The van der Waals surface area contributed by atoms with Gasteiger partial charge in [0.25, 0.3) is 5.91 Å². The largest absolute Gasteiger partial charge is 0.494 e. The van der Waals surface area contributed by atoms with Crippen molar-refractivity contribution in [1.82, 2.24) is 4.90 Å². The highest BCUT2D eigenvalue weighted by Crippen LogP contribution is 2.33. The molecule has 7 heteroatoms. The Kier molecular flexibility index (Phi) is 5.76. The quantitative estimate of drug-likeness (QED) is 0.545. The zero-order chi connectivity index (χ0) is 20.2. The van der Waals surface area contributed by atoms with Crippen LogP contribution in [0.1, 0.15) is 18.4 Å². The molecule has 0 aromatic heterocycles. The molecule has 0 saturated carbocycles. The topological polar surface area (TPSA) is 53.6 Å². The number of nitrogens with one attached hydrogen (secondary N) is 2. The molecule has 1 atom stereocenters. The fraction of sp³-hybridized carbons (Fsp3) is 0.318. The smallest absolute Gasteiger partial charge is 0.257 e. The van der Waals surface area contributed by atoms with Crippen molar-refractivity contribution < 1.29 is 18.3 Å². The number of hydrogen-bond donors (Lipinski definition) is 2. The monoisotopic (exact) mass is 399 g/mol. The lowest BCUT2D eigenvalue weighted by Gasteiger charge is -2.14. The summed E-state index contributed by atoms with van der Waals surface area (Å²) in [6, 6.07) is 11.9. The van der Waals surface area contributed by atoms with E-state index < -0.39 is 12.0 Å². The van der Waals surface area contributed by atoms with Gasteiger partial charge in [0, 0.05) is 37.1 Å². The molecular formula is C22H23F2N3O2. The van der Waals surface area contributed by atoms with Gasteiger partial charge in [-0.05, 0) is 49.2 Å². The molecule has 1 saturated heterocycles. The molecule has 2 aliphatic heterocycles. The van der Waals surface area contributed by atoms with Crippen molar-refractivity contribution in [2.75, 3.05) is 36.9 Å². The van der Waals surface area contributed by atoms with Crippen LogP contribution in [-0.4, -0.2) is 43.2 Å². The minimum absolute atomic E-state index is 0.260. The summed E-state index contributed by atoms with van der Waals surface area (Å²) in [5, 5.41) is 5.69. The average Bonchev–Trinajstić information content (AvgIpc) is 3.27. The Labute approximate surface area is 168 Å². The molecule has 2 N–H and O–H groups in total. The first kappa shape index (κ1) is 19.4. The summed E-state index contributed by atoms with van der Waals surface area (Å²) < 4.78 is 32.9.